The highest BCUT2D eigenvalue weighted by atomic mass is 16.6. The molecule has 4 heteroatoms. The van der Waals surface area contributed by atoms with Crippen LogP contribution in [0.1, 0.15) is 52.9 Å². The maximum absolute atomic E-state index is 11.9. The van der Waals surface area contributed by atoms with Gasteiger partial charge < -0.3 is 10.1 Å². The van der Waals surface area contributed by atoms with Crippen LogP contribution in [0.2, 0.25) is 0 Å². The molecule has 0 aromatic carbocycles. The molecular formula is C14H23NO3. The molecule has 0 saturated heterocycles. The standard InChI is InChI=1S/C14H23NO3/c1-14(2,3)18-13(17)15-11-7-9-5-4-6-10(8-11)12(9)16/h9-11H,4-8H2,1-3H3,(H,15,17)/t9-,10+,11?. The molecule has 2 fully saturated rings. The molecule has 0 aliphatic heterocycles. The maximum Gasteiger partial charge on any atom is 0.407 e. The fourth-order valence-corrected chi connectivity index (χ4v) is 3.07. The number of Topliss-reactive ketones (excluding diaryl/α,β-unsaturated/α-hetero) is 1. The van der Waals surface area contributed by atoms with Gasteiger partial charge in [0.15, 0.2) is 0 Å². The molecule has 18 heavy (non-hydrogen) atoms. The van der Waals surface area contributed by atoms with Crippen LogP contribution in [0.3, 0.4) is 0 Å². The average molecular weight is 253 g/mol. The van der Waals surface area contributed by atoms with E-state index < -0.39 is 5.60 Å². The summed E-state index contributed by atoms with van der Waals surface area (Å²) in [7, 11) is 0. The zero-order valence-electron chi connectivity index (χ0n) is 11.5. The van der Waals surface area contributed by atoms with E-state index in [0.717, 1.165) is 32.1 Å². The van der Waals surface area contributed by atoms with E-state index in [9.17, 15) is 9.59 Å². The summed E-state index contributed by atoms with van der Waals surface area (Å²) in [5.74, 6) is 0.748. The van der Waals surface area contributed by atoms with E-state index in [1.54, 1.807) is 0 Å². The summed E-state index contributed by atoms with van der Waals surface area (Å²) < 4.78 is 5.25. The number of hydrogen-bond acceptors (Lipinski definition) is 3. The normalized spacial score (nSPS) is 31.9. The Morgan fingerprint density at radius 2 is 1.78 bits per heavy atom. The van der Waals surface area contributed by atoms with Gasteiger partial charge in [-0.05, 0) is 46.5 Å². The van der Waals surface area contributed by atoms with E-state index in [2.05, 4.69) is 5.32 Å². The van der Waals surface area contributed by atoms with Crippen LogP contribution in [0.15, 0.2) is 0 Å². The van der Waals surface area contributed by atoms with Crippen molar-refractivity contribution in [2.75, 3.05) is 0 Å². The first kappa shape index (κ1) is 13.4. The lowest BCUT2D eigenvalue weighted by molar-refractivity contribution is -0.132. The van der Waals surface area contributed by atoms with Gasteiger partial charge in [-0.25, -0.2) is 4.79 Å². The van der Waals surface area contributed by atoms with Crippen molar-refractivity contribution in [2.24, 2.45) is 11.8 Å². The highest BCUT2D eigenvalue weighted by Gasteiger charge is 2.39. The number of nitrogens with one attached hydrogen (secondary N) is 1. The monoisotopic (exact) mass is 253 g/mol. The summed E-state index contributed by atoms with van der Waals surface area (Å²) in [6.07, 6.45) is 4.34. The van der Waals surface area contributed by atoms with Crippen molar-refractivity contribution >= 4 is 11.9 Å². The second kappa shape index (κ2) is 4.90. The van der Waals surface area contributed by atoms with Crippen molar-refractivity contribution in [3.8, 4) is 0 Å². The first-order valence-electron chi connectivity index (χ1n) is 6.88. The Bertz CT molecular complexity index is 329. The highest BCUT2D eigenvalue weighted by Crippen LogP contribution is 2.37. The number of rotatable bonds is 1. The minimum absolute atomic E-state index is 0.104. The van der Waals surface area contributed by atoms with E-state index in [0.29, 0.717) is 5.78 Å². The lowest BCUT2D eigenvalue weighted by Gasteiger charge is -2.38. The predicted octanol–water partition coefficient (Wildman–Crippen LogP) is 2.66. The Morgan fingerprint density at radius 3 is 2.28 bits per heavy atom. The van der Waals surface area contributed by atoms with Crippen molar-refractivity contribution in [1.82, 2.24) is 5.32 Å². The first-order chi connectivity index (χ1) is 8.35. The number of fused-ring (bicyclic) bond motifs is 2. The van der Waals surface area contributed by atoms with E-state index in [1.807, 2.05) is 20.8 Å². The molecule has 1 amide bonds. The number of ketones is 1. The molecule has 0 spiro atoms. The third-order valence-corrected chi connectivity index (χ3v) is 3.77. The summed E-state index contributed by atoms with van der Waals surface area (Å²) in [5.41, 5.74) is -0.468. The predicted molar refractivity (Wildman–Crippen MR) is 68.2 cm³/mol. The SMILES string of the molecule is CC(C)(C)OC(=O)NC1C[C@H]2CCC[C@@H](C1)C2=O. The lowest BCUT2D eigenvalue weighted by atomic mass is 9.69. The number of alkyl carbamates (subject to hydrolysis) is 1. The van der Waals surface area contributed by atoms with Gasteiger partial charge in [-0.2, -0.15) is 0 Å². The van der Waals surface area contributed by atoms with Crippen molar-refractivity contribution in [3.05, 3.63) is 0 Å². The third-order valence-electron chi connectivity index (χ3n) is 3.77. The fourth-order valence-electron chi connectivity index (χ4n) is 3.07. The van der Waals surface area contributed by atoms with Crippen LogP contribution in [0.25, 0.3) is 0 Å². The molecule has 2 aliphatic carbocycles. The lowest BCUT2D eigenvalue weighted by Crippen LogP contribution is -2.47. The molecule has 0 aromatic heterocycles. The van der Waals surface area contributed by atoms with Gasteiger partial charge in [0, 0.05) is 17.9 Å². The topological polar surface area (TPSA) is 55.4 Å². The van der Waals surface area contributed by atoms with Crippen LogP contribution in [-0.4, -0.2) is 23.5 Å². The Labute approximate surface area is 108 Å². The molecule has 2 aliphatic rings. The maximum atomic E-state index is 11.9. The summed E-state index contributed by atoms with van der Waals surface area (Å²) in [4.78, 5) is 23.6. The fraction of sp³-hybridized carbons (Fsp3) is 0.857. The Kier molecular flexibility index (Phi) is 3.64. The molecule has 3 atom stereocenters. The van der Waals surface area contributed by atoms with Gasteiger partial charge in [0.1, 0.15) is 11.4 Å². The van der Waals surface area contributed by atoms with Gasteiger partial charge >= 0.3 is 6.09 Å². The quantitative estimate of drug-likeness (QED) is 0.781. The smallest absolute Gasteiger partial charge is 0.407 e. The molecule has 1 unspecified atom stereocenters. The molecule has 4 nitrogen and oxygen atoms in total. The van der Waals surface area contributed by atoms with E-state index in [4.69, 9.17) is 4.74 Å². The Morgan fingerprint density at radius 1 is 1.22 bits per heavy atom. The zero-order valence-corrected chi connectivity index (χ0v) is 11.5. The van der Waals surface area contributed by atoms with Gasteiger partial charge in [0.2, 0.25) is 0 Å². The summed E-state index contributed by atoms with van der Waals surface area (Å²) in [5, 5.41) is 2.91. The molecule has 2 saturated carbocycles. The molecule has 0 radical (unpaired) electrons. The van der Waals surface area contributed by atoms with Crippen molar-refractivity contribution < 1.29 is 14.3 Å². The number of amides is 1. The number of carbonyl (C=O) groups is 2. The minimum atomic E-state index is -0.468. The summed E-state index contributed by atoms with van der Waals surface area (Å²) in [6, 6.07) is 0.104. The van der Waals surface area contributed by atoms with Crippen LogP contribution in [0.5, 0.6) is 0 Å². The Balaban J connectivity index is 1.88. The van der Waals surface area contributed by atoms with Crippen molar-refractivity contribution in [3.63, 3.8) is 0 Å². The van der Waals surface area contributed by atoms with Gasteiger partial charge in [0.25, 0.3) is 0 Å². The number of hydrogen-bond donors (Lipinski definition) is 1. The molecule has 0 heterocycles. The van der Waals surface area contributed by atoms with Gasteiger partial charge in [-0.3, -0.25) is 4.79 Å². The number of carbonyl (C=O) groups excluding carboxylic acids is 2. The van der Waals surface area contributed by atoms with Crippen LogP contribution in [0.4, 0.5) is 4.79 Å². The number of ether oxygens (including phenoxy) is 1. The van der Waals surface area contributed by atoms with Crippen LogP contribution >= 0.6 is 0 Å². The largest absolute Gasteiger partial charge is 0.444 e. The third kappa shape index (κ3) is 3.24. The van der Waals surface area contributed by atoms with E-state index in [-0.39, 0.29) is 24.0 Å². The van der Waals surface area contributed by atoms with E-state index in [1.165, 1.54) is 0 Å². The highest BCUT2D eigenvalue weighted by molar-refractivity contribution is 5.85. The van der Waals surface area contributed by atoms with Gasteiger partial charge in [-0.1, -0.05) is 6.42 Å². The van der Waals surface area contributed by atoms with Crippen LogP contribution in [-0.2, 0) is 9.53 Å². The summed E-state index contributed by atoms with van der Waals surface area (Å²) >= 11 is 0. The molecule has 102 valence electrons. The van der Waals surface area contributed by atoms with E-state index >= 15 is 0 Å². The molecule has 0 aromatic rings. The zero-order chi connectivity index (χ0) is 13.3. The minimum Gasteiger partial charge on any atom is -0.444 e. The van der Waals surface area contributed by atoms with Gasteiger partial charge in [0.05, 0.1) is 0 Å². The van der Waals surface area contributed by atoms with Crippen LogP contribution < -0.4 is 5.32 Å². The summed E-state index contributed by atoms with van der Waals surface area (Å²) in [6.45, 7) is 5.56. The van der Waals surface area contributed by atoms with Crippen molar-refractivity contribution in [2.45, 2.75) is 64.5 Å². The molecular weight excluding hydrogens is 230 g/mol. The Hall–Kier alpha value is -1.06. The van der Waals surface area contributed by atoms with Crippen molar-refractivity contribution in [1.29, 1.82) is 0 Å². The first-order valence-corrected chi connectivity index (χ1v) is 6.88. The molecule has 2 bridgehead atoms. The van der Waals surface area contributed by atoms with Crippen LogP contribution in [0, 0.1) is 11.8 Å². The molecule has 2 rings (SSSR count). The average Bonchev–Trinajstić information content (AvgIpc) is 2.16. The molecule has 1 N–H and O–H groups in total. The second-order valence-corrected chi connectivity index (χ2v) is 6.54. The van der Waals surface area contributed by atoms with Gasteiger partial charge in [-0.15, -0.1) is 0 Å². The second-order valence-electron chi connectivity index (χ2n) is 6.54.